The van der Waals surface area contributed by atoms with Crippen molar-refractivity contribution in [3.8, 4) is 0 Å². The van der Waals surface area contributed by atoms with Crippen molar-refractivity contribution in [1.82, 2.24) is 5.32 Å². The second-order valence-corrected chi connectivity index (χ2v) is 4.50. The van der Waals surface area contributed by atoms with Crippen LogP contribution in [-0.4, -0.2) is 29.8 Å². The molecule has 1 saturated heterocycles. The van der Waals surface area contributed by atoms with Crippen LogP contribution in [0.5, 0.6) is 0 Å². The Bertz CT molecular complexity index is 148. The van der Waals surface area contributed by atoms with E-state index in [0.29, 0.717) is 18.2 Å². The number of hydrogen-bond donors (Lipinski definition) is 1. The van der Waals surface area contributed by atoms with Crippen molar-refractivity contribution in [3.05, 3.63) is 0 Å². The normalized spacial score (nSPS) is 22.6. The van der Waals surface area contributed by atoms with E-state index in [1.807, 2.05) is 11.8 Å². The monoisotopic (exact) mass is 207 g/mol. The number of halogens is 1. The highest BCUT2D eigenvalue weighted by atomic mass is 35.5. The molecule has 70 valence electrons. The summed E-state index contributed by atoms with van der Waals surface area (Å²) in [5.74, 6) is 3.64. The molecule has 1 fully saturated rings. The highest BCUT2D eigenvalue weighted by molar-refractivity contribution is 7.99. The molecule has 1 aliphatic heterocycles. The molecule has 1 heterocycles. The van der Waals surface area contributed by atoms with Crippen molar-refractivity contribution in [1.29, 1.82) is 0 Å². The van der Waals surface area contributed by atoms with Crippen LogP contribution in [0, 0.1) is 5.92 Å². The molecule has 12 heavy (non-hydrogen) atoms. The van der Waals surface area contributed by atoms with E-state index >= 15 is 0 Å². The van der Waals surface area contributed by atoms with Gasteiger partial charge in [-0.05, 0) is 23.8 Å². The Morgan fingerprint density at radius 2 is 2.50 bits per heavy atom. The van der Waals surface area contributed by atoms with Gasteiger partial charge >= 0.3 is 0 Å². The molecular formula is C8H14ClNOS. The fourth-order valence-corrected chi connectivity index (χ4v) is 2.63. The lowest BCUT2D eigenvalue weighted by Gasteiger charge is -2.08. The van der Waals surface area contributed by atoms with Crippen LogP contribution in [0.25, 0.3) is 0 Å². The minimum atomic E-state index is 0.0851. The van der Waals surface area contributed by atoms with Gasteiger partial charge in [0.25, 0.3) is 0 Å². The van der Waals surface area contributed by atoms with E-state index in [4.69, 9.17) is 11.6 Å². The van der Waals surface area contributed by atoms with E-state index in [0.717, 1.165) is 6.54 Å². The Hall–Kier alpha value is 0.110. The number of amides is 1. The lowest BCUT2D eigenvalue weighted by Crippen LogP contribution is -2.29. The lowest BCUT2D eigenvalue weighted by molar-refractivity contribution is -0.120. The summed E-state index contributed by atoms with van der Waals surface area (Å²) in [6.45, 7) is 0.836. The van der Waals surface area contributed by atoms with Gasteiger partial charge in [-0.1, -0.05) is 0 Å². The molecule has 0 aromatic rings. The number of nitrogens with one attached hydrogen (secondary N) is 1. The molecular weight excluding hydrogens is 194 g/mol. The molecule has 4 heteroatoms. The molecule has 0 aromatic heterocycles. The predicted octanol–water partition coefficient (Wildman–Crippen LogP) is 1.48. The summed E-state index contributed by atoms with van der Waals surface area (Å²) in [5.41, 5.74) is 0. The van der Waals surface area contributed by atoms with E-state index in [1.54, 1.807) is 0 Å². The first-order valence-electron chi connectivity index (χ1n) is 4.23. The molecule has 1 aliphatic rings. The summed E-state index contributed by atoms with van der Waals surface area (Å²) in [5, 5.41) is 2.89. The summed E-state index contributed by atoms with van der Waals surface area (Å²) in [4.78, 5) is 11.0. The van der Waals surface area contributed by atoms with Gasteiger partial charge in [0.1, 0.15) is 0 Å². The van der Waals surface area contributed by atoms with Gasteiger partial charge in [-0.2, -0.15) is 11.8 Å². The van der Waals surface area contributed by atoms with Crippen LogP contribution in [-0.2, 0) is 4.79 Å². The first-order valence-corrected chi connectivity index (χ1v) is 5.92. The van der Waals surface area contributed by atoms with Crippen LogP contribution in [0.1, 0.15) is 12.8 Å². The Morgan fingerprint density at radius 3 is 3.08 bits per heavy atom. The highest BCUT2D eigenvalue weighted by Gasteiger charge is 2.15. The zero-order valence-electron chi connectivity index (χ0n) is 7.01. The standard InChI is InChI=1S/C8H14ClNOS/c9-3-1-8(11)10-5-7-2-4-12-6-7/h7H,1-6H2,(H,10,11). The molecule has 1 atom stereocenters. The lowest BCUT2D eigenvalue weighted by atomic mass is 10.1. The Kier molecular flexibility index (Phi) is 4.84. The van der Waals surface area contributed by atoms with Crippen LogP contribution >= 0.6 is 23.4 Å². The van der Waals surface area contributed by atoms with E-state index in [9.17, 15) is 4.79 Å². The summed E-state index contributed by atoms with van der Waals surface area (Å²) in [6.07, 6.45) is 1.69. The quantitative estimate of drug-likeness (QED) is 0.708. The van der Waals surface area contributed by atoms with Gasteiger partial charge in [0, 0.05) is 18.8 Å². The Morgan fingerprint density at radius 1 is 1.67 bits per heavy atom. The van der Waals surface area contributed by atoms with Gasteiger partial charge < -0.3 is 5.32 Å². The van der Waals surface area contributed by atoms with E-state index in [1.165, 1.54) is 17.9 Å². The van der Waals surface area contributed by atoms with Crippen molar-refractivity contribution in [3.63, 3.8) is 0 Å². The number of hydrogen-bond acceptors (Lipinski definition) is 2. The van der Waals surface area contributed by atoms with Gasteiger partial charge in [0.05, 0.1) is 0 Å². The molecule has 0 saturated carbocycles. The number of carbonyl (C=O) groups excluding carboxylic acids is 1. The van der Waals surface area contributed by atoms with Gasteiger partial charge in [-0.3, -0.25) is 4.79 Å². The highest BCUT2D eigenvalue weighted by Crippen LogP contribution is 2.22. The average Bonchev–Trinajstić information content (AvgIpc) is 2.53. The maximum atomic E-state index is 11.0. The molecule has 2 nitrogen and oxygen atoms in total. The molecule has 0 aromatic carbocycles. The summed E-state index contributed by atoms with van der Waals surface area (Å²) >= 11 is 7.40. The maximum absolute atomic E-state index is 11.0. The summed E-state index contributed by atoms with van der Waals surface area (Å²) < 4.78 is 0. The van der Waals surface area contributed by atoms with Crippen molar-refractivity contribution >= 4 is 29.3 Å². The average molecular weight is 208 g/mol. The van der Waals surface area contributed by atoms with E-state index < -0.39 is 0 Å². The van der Waals surface area contributed by atoms with Gasteiger partial charge in [-0.15, -0.1) is 11.6 Å². The number of carbonyl (C=O) groups is 1. The molecule has 0 aliphatic carbocycles. The number of alkyl halides is 1. The third-order valence-electron chi connectivity index (χ3n) is 1.93. The minimum absolute atomic E-state index is 0.0851. The molecule has 0 radical (unpaired) electrons. The van der Waals surface area contributed by atoms with Crippen LogP contribution in [0.2, 0.25) is 0 Å². The number of thioether (sulfide) groups is 1. The SMILES string of the molecule is O=C(CCCl)NCC1CCSC1. The molecule has 1 rings (SSSR count). The minimum Gasteiger partial charge on any atom is -0.356 e. The van der Waals surface area contributed by atoms with Crippen LogP contribution in [0.3, 0.4) is 0 Å². The van der Waals surface area contributed by atoms with Gasteiger partial charge in [-0.25, -0.2) is 0 Å². The third-order valence-corrected chi connectivity index (χ3v) is 3.35. The first-order chi connectivity index (χ1) is 5.83. The fourth-order valence-electron chi connectivity index (χ4n) is 1.18. The molecule has 1 amide bonds. The molecule has 0 bridgehead atoms. The van der Waals surface area contributed by atoms with Crippen molar-refractivity contribution in [2.24, 2.45) is 5.92 Å². The largest absolute Gasteiger partial charge is 0.356 e. The topological polar surface area (TPSA) is 29.1 Å². The second-order valence-electron chi connectivity index (χ2n) is 2.97. The van der Waals surface area contributed by atoms with Crippen LogP contribution in [0.15, 0.2) is 0 Å². The van der Waals surface area contributed by atoms with Crippen molar-refractivity contribution in [2.45, 2.75) is 12.8 Å². The van der Waals surface area contributed by atoms with E-state index in [2.05, 4.69) is 5.32 Å². The third kappa shape index (κ3) is 3.68. The fraction of sp³-hybridized carbons (Fsp3) is 0.875. The van der Waals surface area contributed by atoms with Crippen molar-refractivity contribution in [2.75, 3.05) is 23.9 Å². The van der Waals surface area contributed by atoms with Crippen molar-refractivity contribution < 1.29 is 4.79 Å². The predicted molar refractivity (Wildman–Crippen MR) is 53.8 cm³/mol. The summed E-state index contributed by atoms with van der Waals surface area (Å²) in [6, 6.07) is 0. The zero-order valence-corrected chi connectivity index (χ0v) is 8.59. The zero-order chi connectivity index (χ0) is 8.81. The first kappa shape index (κ1) is 10.2. The Balaban J connectivity index is 2.03. The second kappa shape index (κ2) is 5.70. The molecule has 0 spiro atoms. The number of rotatable bonds is 4. The molecule has 1 N–H and O–H groups in total. The molecule has 1 unspecified atom stereocenters. The Labute approximate surface area is 82.4 Å². The van der Waals surface area contributed by atoms with Gasteiger partial charge in [0.15, 0.2) is 0 Å². The van der Waals surface area contributed by atoms with E-state index in [-0.39, 0.29) is 5.91 Å². The summed E-state index contributed by atoms with van der Waals surface area (Å²) in [7, 11) is 0. The van der Waals surface area contributed by atoms with Crippen LogP contribution < -0.4 is 5.32 Å². The maximum Gasteiger partial charge on any atom is 0.221 e. The van der Waals surface area contributed by atoms with Gasteiger partial charge in [0.2, 0.25) is 5.91 Å². The smallest absolute Gasteiger partial charge is 0.221 e. The van der Waals surface area contributed by atoms with Crippen LogP contribution in [0.4, 0.5) is 0 Å².